The topological polar surface area (TPSA) is 109 Å². The Morgan fingerprint density at radius 3 is 2.50 bits per heavy atom. The number of rotatable bonds is 7. The van der Waals surface area contributed by atoms with Crippen LogP contribution in [0.1, 0.15) is 12.5 Å². The number of amides is 1. The lowest BCUT2D eigenvalue weighted by molar-refractivity contribution is -0.144. The zero-order valence-corrected chi connectivity index (χ0v) is 15.9. The first kappa shape index (κ1) is 20.8. The molecule has 7 nitrogen and oxygen atoms in total. The van der Waals surface area contributed by atoms with E-state index in [1.165, 1.54) is 20.1 Å². The lowest BCUT2D eigenvalue weighted by Gasteiger charge is -2.16. The maximum Gasteiger partial charge on any atom is 0.344 e. The monoisotopic (exact) mass is 400 g/mol. The second kappa shape index (κ2) is 9.44. The fourth-order valence-corrected chi connectivity index (χ4v) is 2.32. The number of nitriles is 1. The molecule has 0 spiro atoms. The van der Waals surface area contributed by atoms with Crippen molar-refractivity contribution in [1.82, 2.24) is 0 Å². The van der Waals surface area contributed by atoms with Crippen molar-refractivity contribution >= 4 is 35.2 Å². The maximum absolute atomic E-state index is 12.4. The van der Waals surface area contributed by atoms with Crippen molar-refractivity contribution in [2.45, 2.75) is 13.0 Å². The van der Waals surface area contributed by atoms with E-state index in [0.717, 1.165) is 0 Å². The van der Waals surface area contributed by atoms with Crippen molar-refractivity contribution in [2.75, 3.05) is 12.4 Å². The molecule has 2 aromatic rings. The number of aliphatic carboxylic acids is 1. The van der Waals surface area contributed by atoms with Crippen molar-refractivity contribution in [3.8, 4) is 17.6 Å². The first-order chi connectivity index (χ1) is 13.3. The predicted molar refractivity (Wildman–Crippen MR) is 104 cm³/mol. The van der Waals surface area contributed by atoms with E-state index in [9.17, 15) is 14.9 Å². The van der Waals surface area contributed by atoms with Crippen molar-refractivity contribution in [3.05, 3.63) is 58.6 Å². The Kier molecular flexibility index (Phi) is 7.02. The number of hydrogen-bond acceptors (Lipinski definition) is 5. The minimum Gasteiger partial charge on any atom is -0.493 e. The van der Waals surface area contributed by atoms with Gasteiger partial charge in [-0.2, -0.15) is 5.26 Å². The van der Waals surface area contributed by atoms with Gasteiger partial charge in [-0.15, -0.1) is 0 Å². The third-order valence-corrected chi connectivity index (χ3v) is 3.89. The van der Waals surface area contributed by atoms with Crippen LogP contribution in [0.2, 0.25) is 5.02 Å². The fourth-order valence-electron chi connectivity index (χ4n) is 2.20. The Bertz CT molecular complexity index is 948. The molecule has 2 rings (SSSR count). The number of anilines is 1. The molecule has 2 N–H and O–H groups in total. The lowest BCUT2D eigenvalue weighted by Crippen LogP contribution is -2.23. The van der Waals surface area contributed by atoms with E-state index in [1.807, 2.05) is 6.07 Å². The highest BCUT2D eigenvalue weighted by Gasteiger charge is 2.19. The third-order valence-electron chi connectivity index (χ3n) is 3.64. The molecule has 144 valence electrons. The Morgan fingerprint density at radius 1 is 1.25 bits per heavy atom. The Labute approximate surface area is 166 Å². The first-order valence-corrected chi connectivity index (χ1v) is 8.48. The summed E-state index contributed by atoms with van der Waals surface area (Å²) in [5, 5.41) is 21.6. The highest BCUT2D eigenvalue weighted by Crippen LogP contribution is 2.33. The second-order valence-corrected chi connectivity index (χ2v) is 6.04. The summed E-state index contributed by atoms with van der Waals surface area (Å²) in [6.45, 7) is 1.36. The molecule has 0 bridgehead atoms. The van der Waals surface area contributed by atoms with Gasteiger partial charge < -0.3 is 19.9 Å². The van der Waals surface area contributed by atoms with Gasteiger partial charge in [-0.1, -0.05) is 23.7 Å². The van der Waals surface area contributed by atoms with Crippen LogP contribution in [-0.2, 0) is 9.59 Å². The van der Waals surface area contributed by atoms with Gasteiger partial charge in [-0.05, 0) is 43.3 Å². The molecule has 1 atom stereocenters. The summed E-state index contributed by atoms with van der Waals surface area (Å²) < 4.78 is 10.7. The van der Waals surface area contributed by atoms with Gasteiger partial charge in [0.25, 0.3) is 5.91 Å². The molecule has 0 radical (unpaired) electrons. The number of carboxylic acid groups (broad SMARTS) is 1. The lowest BCUT2D eigenvalue weighted by atomic mass is 10.1. The van der Waals surface area contributed by atoms with Gasteiger partial charge in [0.1, 0.15) is 11.6 Å². The van der Waals surface area contributed by atoms with E-state index in [-0.39, 0.29) is 17.1 Å². The quantitative estimate of drug-likeness (QED) is 0.541. The number of hydrogen-bond donors (Lipinski definition) is 2. The normalized spacial score (nSPS) is 11.9. The number of para-hydroxylation sites is 1. The molecule has 0 unspecified atom stereocenters. The van der Waals surface area contributed by atoms with Crippen LogP contribution in [-0.4, -0.2) is 30.2 Å². The molecule has 28 heavy (non-hydrogen) atoms. The molecule has 0 aliphatic rings. The summed E-state index contributed by atoms with van der Waals surface area (Å²) in [5.41, 5.74) is 0.600. The largest absolute Gasteiger partial charge is 0.493 e. The number of carbonyl (C=O) groups excluding carboxylic acids is 1. The molecule has 2 aromatic carbocycles. The number of nitrogens with one attached hydrogen (secondary N) is 1. The minimum absolute atomic E-state index is 0.118. The number of methoxy groups -OCH3 is 1. The summed E-state index contributed by atoms with van der Waals surface area (Å²) in [4.78, 5) is 23.5. The molecule has 8 heteroatoms. The summed E-state index contributed by atoms with van der Waals surface area (Å²) in [6, 6.07) is 13.0. The van der Waals surface area contributed by atoms with Gasteiger partial charge >= 0.3 is 5.97 Å². The molecular formula is C20H17ClN2O5. The van der Waals surface area contributed by atoms with Crippen molar-refractivity contribution in [3.63, 3.8) is 0 Å². The molecule has 1 amide bonds. The number of carbonyl (C=O) groups is 2. The number of halogens is 1. The minimum atomic E-state index is -1.16. The van der Waals surface area contributed by atoms with E-state index in [2.05, 4.69) is 5.32 Å². The molecule has 0 saturated carbocycles. The number of nitrogens with zero attached hydrogens (tertiary/aromatic N) is 1. The molecule has 0 aliphatic carbocycles. The zero-order valence-electron chi connectivity index (χ0n) is 15.1. The maximum atomic E-state index is 12.4. The average molecular weight is 401 g/mol. The van der Waals surface area contributed by atoms with Crippen LogP contribution >= 0.6 is 11.6 Å². The number of benzene rings is 2. The average Bonchev–Trinajstić information content (AvgIpc) is 2.68. The molecule has 0 fully saturated rings. The predicted octanol–water partition coefficient (Wildman–Crippen LogP) is 3.75. The van der Waals surface area contributed by atoms with Crippen LogP contribution < -0.4 is 14.8 Å². The van der Waals surface area contributed by atoms with Crippen LogP contribution in [0.5, 0.6) is 11.5 Å². The number of ether oxygens (including phenoxy) is 2. The Hall–Kier alpha value is -3.50. The summed E-state index contributed by atoms with van der Waals surface area (Å²) >= 11 is 5.81. The fraction of sp³-hybridized carbons (Fsp3) is 0.150. The van der Waals surface area contributed by atoms with Gasteiger partial charge in [-0.25, -0.2) is 4.79 Å². The summed E-state index contributed by atoms with van der Waals surface area (Å²) in [7, 11) is 1.40. The molecule has 0 saturated heterocycles. The Balaban J connectivity index is 2.37. The van der Waals surface area contributed by atoms with Crippen molar-refractivity contribution < 1.29 is 24.2 Å². The Morgan fingerprint density at radius 2 is 1.93 bits per heavy atom. The molecule has 0 aromatic heterocycles. The van der Waals surface area contributed by atoms with Gasteiger partial charge in [0.2, 0.25) is 0 Å². The van der Waals surface area contributed by atoms with Gasteiger partial charge in [0.15, 0.2) is 17.6 Å². The summed E-state index contributed by atoms with van der Waals surface area (Å²) in [5.74, 6) is -1.41. The molecule has 0 heterocycles. The van der Waals surface area contributed by atoms with Gasteiger partial charge in [0, 0.05) is 16.3 Å². The van der Waals surface area contributed by atoms with Crippen molar-refractivity contribution in [1.29, 1.82) is 5.26 Å². The van der Waals surface area contributed by atoms with E-state index < -0.39 is 18.0 Å². The van der Waals surface area contributed by atoms with Crippen LogP contribution in [0.15, 0.2) is 48.0 Å². The van der Waals surface area contributed by atoms with E-state index in [0.29, 0.717) is 16.3 Å². The summed E-state index contributed by atoms with van der Waals surface area (Å²) in [6.07, 6.45) is 0.148. The second-order valence-electron chi connectivity index (χ2n) is 5.61. The van der Waals surface area contributed by atoms with Gasteiger partial charge in [-0.3, -0.25) is 4.79 Å². The van der Waals surface area contributed by atoms with Crippen LogP contribution in [0.25, 0.3) is 6.08 Å². The number of carboxylic acids is 1. The van der Waals surface area contributed by atoms with E-state index in [1.54, 1.807) is 42.5 Å². The molecular weight excluding hydrogens is 384 g/mol. The van der Waals surface area contributed by atoms with E-state index >= 15 is 0 Å². The smallest absolute Gasteiger partial charge is 0.344 e. The first-order valence-electron chi connectivity index (χ1n) is 8.11. The van der Waals surface area contributed by atoms with Crippen molar-refractivity contribution in [2.24, 2.45) is 0 Å². The zero-order chi connectivity index (χ0) is 20.7. The van der Waals surface area contributed by atoms with Crippen LogP contribution in [0.4, 0.5) is 5.69 Å². The third kappa shape index (κ3) is 5.25. The van der Waals surface area contributed by atoms with E-state index in [4.69, 9.17) is 26.2 Å². The highest BCUT2D eigenvalue weighted by molar-refractivity contribution is 6.30. The highest BCUT2D eigenvalue weighted by atomic mass is 35.5. The van der Waals surface area contributed by atoms with Gasteiger partial charge in [0.05, 0.1) is 7.11 Å². The SMILES string of the molecule is COc1cccc(/C=C(/C#N)C(=O)Nc2ccc(Cl)cc2)c1O[C@@H](C)C(=O)O. The standard InChI is InChI=1S/C20H17ClN2O5/c1-12(20(25)26)28-18-13(4-3-5-17(18)27-2)10-14(11-22)19(24)23-16-8-6-15(21)7-9-16/h3-10,12H,1-2H3,(H,23,24)(H,25,26)/b14-10-/t12-/m0/s1. The molecule has 0 aliphatic heterocycles. The van der Waals surface area contributed by atoms with Crippen LogP contribution in [0, 0.1) is 11.3 Å². The van der Waals surface area contributed by atoms with Crippen LogP contribution in [0.3, 0.4) is 0 Å².